The van der Waals surface area contributed by atoms with Crippen molar-refractivity contribution in [1.29, 1.82) is 0 Å². The Bertz CT molecular complexity index is 751. The summed E-state index contributed by atoms with van der Waals surface area (Å²) in [6, 6.07) is 7.71. The van der Waals surface area contributed by atoms with Crippen LogP contribution >= 0.6 is 0 Å². The van der Waals surface area contributed by atoms with Gasteiger partial charge in [-0.05, 0) is 24.3 Å². The molecule has 0 saturated heterocycles. The van der Waals surface area contributed by atoms with Gasteiger partial charge in [0.1, 0.15) is 11.5 Å². The van der Waals surface area contributed by atoms with E-state index in [0.29, 0.717) is 0 Å². The van der Waals surface area contributed by atoms with E-state index in [1.54, 1.807) is 0 Å². The maximum absolute atomic E-state index is 13.5. The van der Waals surface area contributed by atoms with E-state index in [4.69, 9.17) is 4.74 Å². The van der Waals surface area contributed by atoms with Crippen LogP contribution in [-0.2, 0) is 0 Å². The first-order chi connectivity index (χ1) is 9.56. The second-order valence-electron chi connectivity index (χ2n) is 4.26. The van der Waals surface area contributed by atoms with Gasteiger partial charge >= 0.3 is 0 Å². The number of allylic oxidation sites excluding steroid dienone is 1. The molecule has 0 unspecified atom stereocenters. The Morgan fingerprint density at radius 1 is 1.15 bits per heavy atom. The van der Waals surface area contributed by atoms with E-state index < -0.39 is 17.4 Å². The Kier molecular flexibility index (Phi) is 2.75. The molecule has 0 saturated carbocycles. The Morgan fingerprint density at radius 2 is 1.95 bits per heavy atom. The quantitative estimate of drug-likeness (QED) is 0.812. The molecule has 0 aliphatic carbocycles. The van der Waals surface area contributed by atoms with Crippen molar-refractivity contribution in [2.45, 2.75) is 0 Å². The first-order valence-corrected chi connectivity index (χ1v) is 5.77. The van der Waals surface area contributed by atoms with Crippen molar-refractivity contribution < 1.29 is 23.4 Å². The molecular formula is C15H8F2O3. The molecule has 100 valence electrons. The van der Waals surface area contributed by atoms with Gasteiger partial charge in [-0.2, -0.15) is 0 Å². The highest BCUT2D eigenvalue weighted by Crippen LogP contribution is 2.34. The van der Waals surface area contributed by atoms with E-state index in [0.717, 1.165) is 12.1 Å². The molecule has 0 radical (unpaired) electrons. The smallest absolute Gasteiger partial charge is 0.231 e. The molecule has 3 rings (SSSR count). The van der Waals surface area contributed by atoms with Crippen molar-refractivity contribution in [1.82, 2.24) is 0 Å². The van der Waals surface area contributed by atoms with E-state index in [2.05, 4.69) is 0 Å². The summed E-state index contributed by atoms with van der Waals surface area (Å²) >= 11 is 0. The minimum Gasteiger partial charge on any atom is -0.508 e. The lowest BCUT2D eigenvalue weighted by Crippen LogP contribution is -1.99. The summed E-state index contributed by atoms with van der Waals surface area (Å²) < 4.78 is 31.9. The molecule has 20 heavy (non-hydrogen) atoms. The number of fused-ring (bicyclic) bond motifs is 1. The Hall–Kier alpha value is -2.69. The number of rotatable bonds is 1. The van der Waals surface area contributed by atoms with Crippen molar-refractivity contribution in [3.8, 4) is 11.5 Å². The van der Waals surface area contributed by atoms with Gasteiger partial charge in [0.2, 0.25) is 5.78 Å². The molecule has 5 heteroatoms. The fourth-order valence-corrected chi connectivity index (χ4v) is 1.95. The number of benzene rings is 2. The lowest BCUT2D eigenvalue weighted by molar-refractivity contribution is 0.101. The molecule has 1 aliphatic rings. The number of ketones is 1. The first kappa shape index (κ1) is 12.3. The fourth-order valence-electron chi connectivity index (χ4n) is 1.95. The predicted molar refractivity (Wildman–Crippen MR) is 67.4 cm³/mol. The minimum atomic E-state index is -1.05. The van der Waals surface area contributed by atoms with Gasteiger partial charge in [0.15, 0.2) is 17.4 Å². The Labute approximate surface area is 112 Å². The normalized spacial score (nSPS) is 15.3. The van der Waals surface area contributed by atoms with Crippen LogP contribution in [0.5, 0.6) is 11.5 Å². The van der Waals surface area contributed by atoms with Crippen LogP contribution in [0.4, 0.5) is 8.78 Å². The molecule has 0 atom stereocenters. The molecule has 1 aliphatic heterocycles. The van der Waals surface area contributed by atoms with E-state index in [1.165, 1.54) is 30.3 Å². The first-order valence-electron chi connectivity index (χ1n) is 5.77. The van der Waals surface area contributed by atoms with Gasteiger partial charge in [-0.15, -0.1) is 0 Å². The Morgan fingerprint density at radius 3 is 2.75 bits per heavy atom. The summed E-state index contributed by atoms with van der Waals surface area (Å²) in [4.78, 5) is 12.0. The minimum absolute atomic E-state index is 0.0465. The lowest BCUT2D eigenvalue weighted by Gasteiger charge is -2.00. The highest BCUT2D eigenvalue weighted by atomic mass is 19.2. The zero-order chi connectivity index (χ0) is 14.3. The molecule has 2 aromatic carbocycles. The van der Waals surface area contributed by atoms with E-state index in [1.807, 2.05) is 0 Å². The highest BCUT2D eigenvalue weighted by Gasteiger charge is 2.27. The summed E-state index contributed by atoms with van der Waals surface area (Å²) in [5, 5.41) is 9.32. The van der Waals surface area contributed by atoms with Crippen molar-refractivity contribution in [2.75, 3.05) is 0 Å². The SMILES string of the molecule is O=C1C(=Cc2cccc(F)c2F)Oc2cc(O)ccc21. The number of phenolic OH excluding ortho intramolecular Hbond substituents is 1. The van der Waals surface area contributed by atoms with Gasteiger partial charge in [-0.3, -0.25) is 4.79 Å². The number of hydrogen-bond acceptors (Lipinski definition) is 3. The van der Waals surface area contributed by atoms with E-state index in [9.17, 15) is 18.7 Å². The Balaban J connectivity index is 2.03. The molecule has 0 spiro atoms. The van der Waals surface area contributed by atoms with Gasteiger partial charge in [-0.1, -0.05) is 12.1 Å². The van der Waals surface area contributed by atoms with Crippen LogP contribution in [-0.4, -0.2) is 10.9 Å². The molecule has 0 fully saturated rings. The maximum atomic E-state index is 13.5. The second kappa shape index (κ2) is 4.45. The number of halogens is 2. The molecule has 0 bridgehead atoms. The van der Waals surface area contributed by atoms with Gasteiger partial charge < -0.3 is 9.84 Å². The van der Waals surface area contributed by atoms with Crippen LogP contribution in [0, 0.1) is 11.6 Å². The van der Waals surface area contributed by atoms with Gasteiger partial charge in [-0.25, -0.2) is 8.78 Å². The number of carbonyl (C=O) groups excluding carboxylic acids is 1. The van der Waals surface area contributed by atoms with Crippen LogP contribution in [0.25, 0.3) is 6.08 Å². The number of ether oxygens (including phenoxy) is 1. The number of carbonyl (C=O) groups is 1. The van der Waals surface area contributed by atoms with E-state index in [-0.39, 0.29) is 28.4 Å². The topological polar surface area (TPSA) is 46.5 Å². The summed E-state index contributed by atoms with van der Waals surface area (Å²) in [6.07, 6.45) is 1.14. The van der Waals surface area contributed by atoms with Crippen molar-refractivity contribution >= 4 is 11.9 Å². The zero-order valence-corrected chi connectivity index (χ0v) is 10.1. The van der Waals surface area contributed by atoms with Gasteiger partial charge in [0.05, 0.1) is 5.56 Å². The third-order valence-corrected chi connectivity index (χ3v) is 2.92. The fraction of sp³-hybridized carbons (Fsp3) is 0. The third kappa shape index (κ3) is 1.93. The van der Waals surface area contributed by atoms with Crippen molar-refractivity contribution in [3.05, 3.63) is 64.9 Å². The van der Waals surface area contributed by atoms with Crippen LogP contribution < -0.4 is 4.74 Å². The predicted octanol–water partition coefficient (Wildman–Crippen LogP) is 3.29. The average molecular weight is 274 g/mol. The maximum Gasteiger partial charge on any atom is 0.231 e. The summed E-state index contributed by atoms with van der Waals surface area (Å²) in [5.41, 5.74) is 0.191. The van der Waals surface area contributed by atoms with Crippen LogP contribution in [0.1, 0.15) is 15.9 Å². The lowest BCUT2D eigenvalue weighted by atomic mass is 10.1. The summed E-state index contributed by atoms with van der Waals surface area (Å²) in [6.45, 7) is 0. The monoisotopic (exact) mass is 274 g/mol. The average Bonchev–Trinajstić information content (AvgIpc) is 2.71. The molecule has 3 nitrogen and oxygen atoms in total. The molecule has 0 amide bonds. The summed E-state index contributed by atoms with van der Waals surface area (Å²) in [7, 11) is 0. The largest absolute Gasteiger partial charge is 0.508 e. The van der Waals surface area contributed by atoms with E-state index >= 15 is 0 Å². The molecule has 0 aromatic heterocycles. The number of Topliss-reactive ketones (excluding diaryl/α,β-unsaturated/α-hetero) is 1. The van der Waals surface area contributed by atoms with Gasteiger partial charge in [0, 0.05) is 11.6 Å². The van der Waals surface area contributed by atoms with Crippen LogP contribution in [0.3, 0.4) is 0 Å². The third-order valence-electron chi connectivity index (χ3n) is 2.92. The van der Waals surface area contributed by atoms with Crippen molar-refractivity contribution in [3.63, 3.8) is 0 Å². The highest BCUT2D eigenvalue weighted by molar-refractivity contribution is 6.14. The molecular weight excluding hydrogens is 266 g/mol. The number of hydrogen-bond donors (Lipinski definition) is 1. The zero-order valence-electron chi connectivity index (χ0n) is 10.1. The number of phenols is 1. The number of aromatic hydroxyl groups is 1. The standard InChI is InChI=1S/C15H8F2O3/c16-11-3-1-2-8(14(11)17)6-13-15(19)10-5-4-9(18)7-12(10)20-13/h1-7,18H. The summed E-state index contributed by atoms with van der Waals surface area (Å²) in [5.74, 6) is -2.46. The molecule has 1 N–H and O–H groups in total. The molecule has 1 heterocycles. The molecule has 2 aromatic rings. The second-order valence-corrected chi connectivity index (χ2v) is 4.26. The van der Waals surface area contributed by atoms with Gasteiger partial charge in [0.25, 0.3) is 0 Å². The van der Waals surface area contributed by atoms with Crippen molar-refractivity contribution in [2.24, 2.45) is 0 Å². The van der Waals surface area contributed by atoms with Crippen LogP contribution in [0.2, 0.25) is 0 Å². The van der Waals surface area contributed by atoms with Crippen LogP contribution in [0.15, 0.2) is 42.2 Å².